The zero-order valence-electron chi connectivity index (χ0n) is 18.7. The molecule has 0 spiro atoms. The van der Waals surface area contributed by atoms with Gasteiger partial charge in [-0.25, -0.2) is 9.97 Å². The molecule has 5 rings (SSSR count). The average molecular weight is 441 g/mol. The summed E-state index contributed by atoms with van der Waals surface area (Å²) in [5, 5.41) is 4.00. The molecule has 0 aliphatic carbocycles. The lowest BCUT2D eigenvalue weighted by Crippen LogP contribution is -2.26. The smallest absolute Gasteiger partial charge is 0.247 e. The van der Waals surface area contributed by atoms with E-state index in [0.717, 1.165) is 27.5 Å². The summed E-state index contributed by atoms with van der Waals surface area (Å²) in [6, 6.07) is 20.6. The third kappa shape index (κ3) is 3.51. The van der Waals surface area contributed by atoms with Gasteiger partial charge in [-0.15, -0.1) is 0 Å². The van der Waals surface area contributed by atoms with Gasteiger partial charge >= 0.3 is 0 Å². The van der Waals surface area contributed by atoms with Gasteiger partial charge in [-0.05, 0) is 36.8 Å². The molecule has 3 aromatic carbocycles. The topological polar surface area (TPSA) is 78.3 Å². The van der Waals surface area contributed by atoms with Crippen LogP contribution in [-0.2, 0) is 4.79 Å². The molecule has 0 radical (unpaired) electrons. The van der Waals surface area contributed by atoms with Crippen molar-refractivity contribution in [2.45, 2.75) is 19.4 Å². The van der Waals surface area contributed by atoms with Crippen molar-refractivity contribution in [2.75, 3.05) is 19.5 Å². The largest absolute Gasteiger partial charge is 0.497 e. The van der Waals surface area contributed by atoms with E-state index in [1.807, 2.05) is 60.0 Å². The number of rotatable bonds is 6. The fourth-order valence-electron chi connectivity index (χ4n) is 4.27. The van der Waals surface area contributed by atoms with E-state index in [4.69, 9.17) is 19.4 Å². The van der Waals surface area contributed by atoms with Gasteiger partial charge in [0.05, 0.1) is 36.5 Å². The SMILES string of the molecule is CCC(C(=O)Nc1cc(OC)ccc1OC)n1c2ccccc2c2nc3ccccc3nc21. The normalized spacial score (nSPS) is 12.2. The van der Waals surface area contributed by atoms with Crippen LogP contribution in [0.1, 0.15) is 19.4 Å². The summed E-state index contributed by atoms with van der Waals surface area (Å²) in [4.78, 5) is 23.4. The number of methoxy groups -OCH3 is 2. The third-order valence-corrected chi connectivity index (χ3v) is 5.86. The van der Waals surface area contributed by atoms with E-state index < -0.39 is 6.04 Å². The van der Waals surface area contributed by atoms with E-state index in [1.54, 1.807) is 32.4 Å². The molecule has 1 N–H and O–H groups in total. The minimum absolute atomic E-state index is 0.165. The first-order chi connectivity index (χ1) is 16.1. The monoisotopic (exact) mass is 440 g/mol. The summed E-state index contributed by atoms with van der Waals surface area (Å²) in [5.74, 6) is 1.03. The van der Waals surface area contributed by atoms with Gasteiger partial charge in [0.1, 0.15) is 23.1 Å². The maximum absolute atomic E-state index is 13.6. The Morgan fingerprint density at radius 1 is 0.970 bits per heavy atom. The van der Waals surface area contributed by atoms with E-state index in [0.29, 0.717) is 29.3 Å². The van der Waals surface area contributed by atoms with Crippen LogP contribution >= 0.6 is 0 Å². The van der Waals surface area contributed by atoms with E-state index >= 15 is 0 Å². The van der Waals surface area contributed by atoms with Crippen LogP contribution in [0, 0.1) is 0 Å². The predicted molar refractivity (Wildman–Crippen MR) is 130 cm³/mol. The minimum atomic E-state index is -0.501. The number of ether oxygens (including phenoxy) is 2. The molecule has 0 aliphatic heterocycles. The van der Waals surface area contributed by atoms with E-state index in [-0.39, 0.29) is 5.91 Å². The zero-order valence-corrected chi connectivity index (χ0v) is 18.7. The molecule has 33 heavy (non-hydrogen) atoms. The van der Waals surface area contributed by atoms with Gasteiger partial charge in [0.15, 0.2) is 5.65 Å². The van der Waals surface area contributed by atoms with Crippen LogP contribution in [0.25, 0.3) is 33.1 Å². The molecule has 5 aromatic rings. The number of fused-ring (bicyclic) bond motifs is 4. The van der Waals surface area contributed by atoms with Crippen molar-refractivity contribution in [3.8, 4) is 11.5 Å². The second-order valence-electron chi connectivity index (χ2n) is 7.75. The van der Waals surface area contributed by atoms with Gasteiger partial charge in [-0.1, -0.05) is 37.3 Å². The second-order valence-corrected chi connectivity index (χ2v) is 7.75. The van der Waals surface area contributed by atoms with Crippen LogP contribution in [0.4, 0.5) is 5.69 Å². The molecule has 2 aromatic heterocycles. The zero-order chi connectivity index (χ0) is 22.9. The van der Waals surface area contributed by atoms with Crippen molar-refractivity contribution in [1.82, 2.24) is 14.5 Å². The lowest BCUT2D eigenvalue weighted by Gasteiger charge is -2.20. The number of benzene rings is 3. The number of para-hydroxylation sites is 3. The Morgan fingerprint density at radius 3 is 2.42 bits per heavy atom. The quantitative estimate of drug-likeness (QED) is 0.385. The minimum Gasteiger partial charge on any atom is -0.497 e. The number of amides is 1. The molecule has 0 fully saturated rings. The Bertz CT molecular complexity index is 1490. The predicted octanol–water partition coefficient (Wildman–Crippen LogP) is 5.34. The molecular formula is C26H24N4O3. The Labute approximate surface area is 191 Å². The number of nitrogens with zero attached hydrogens (tertiary/aromatic N) is 3. The highest BCUT2D eigenvalue weighted by molar-refractivity contribution is 6.08. The van der Waals surface area contributed by atoms with Crippen molar-refractivity contribution in [3.05, 3.63) is 66.7 Å². The van der Waals surface area contributed by atoms with Gasteiger partial charge in [0, 0.05) is 11.5 Å². The number of carbonyl (C=O) groups is 1. The van der Waals surface area contributed by atoms with Crippen molar-refractivity contribution >= 4 is 44.7 Å². The van der Waals surface area contributed by atoms with E-state index in [9.17, 15) is 4.79 Å². The Balaban J connectivity index is 1.66. The van der Waals surface area contributed by atoms with Crippen LogP contribution in [0.5, 0.6) is 11.5 Å². The standard InChI is InChI=1S/C26H24N4O3/c1-4-21(26(31)29-20-15-16(32-2)13-14-23(20)33-3)30-22-12-8-5-9-17(22)24-25(30)28-19-11-7-6-10-18(19)27-24/h5-15,21H,4H2,1-3H3,(H,29,31). The van der Waals surface area contributed by atoms with Crippen LogP contribution < -0.4 is 14.8 Å². The first-order valence-electron chi connectivity index (χ1n) is 10.8. The summed E-state index contributed by atoms with van der Waals surface area (Å²) in [7, 11) is 3.16. The summed E-state index contributed by atoms with van der Waals surface area (Å²) in [5.41, 5.74) is 4.56. The van der Waals surface area contributed by atoms with Crippen LogP contribution in [0.15, 0.2) is 66.7 Å². The van der Waals surface area contributed by atoms with Crippen LogP contribution in [0.2, 0.25) is 0 Å². The molecule has 0 saturated heterocycles. The average Bonchev–Trinajstić information content (AvgIpc) is 3.16. The first-order valence-corrected chi connectivity index (χ1v) is 10.8. The molecule has 0 bridgehead atoms. The second kappa shape index (κ2) is 8.43. The Hall–Kier alpha value is -4.13. The molecule has 0 aliphatic rings. The van der Waals surface area contributed by atoms with Crippen LogP contribution in [-0.4, -0.2) is 34.7 Å². The highest BCUT2D eigenvalue weighted by Gasteiger charge is 2.26. The summed E-state index contributed by atoms with van der Waals surface area (Å²) < 4.78 is 12.8. The first kappa shape index (κ1) is 20.8. The van der Waals surface area contributed by atoms with Crippen molar-refractivity contribution < 1.29 is 14.3 Å². The Kier molecular flexibility index (Phi) is 5.30. The van der Waals surface area contributed by atoms with Gasteiger partial charge in [-0.2, -0.15) is 0 Å². The van der Waals surface area contributed by atoms with Crippen molar-refractivity contribution in [2.24, 2.45) is 0 Å². The van der Waals surface area contributed by atoms with Crippen molar-refractivity contribution in [3.63, 3.8) is 0 Å². The Morgan fingerprint density at radius 2 is 1.70 bits per heavy atom. The van der Waals surface area contributed by atoms with Crippen LogP contribution in [0.3, 0.4) is 0 Å². The van der Waals surface area contributed by atoms with Gasteiger partial charge in [-0.3, -0.25) is 4.79 Å². The maximum Gasteiger partial charge on any atom is 0.247 e. The lowest BCUT2D eigenvalue weighted by molar-refractivity contribution is -0.119. The molecule has 1 atom stereocenters. The van der Waals surface area contributed by atoms with E-state index in [2.05, 4.69) is 5.32 Å². The molecule has 1 amide bonds. The van der Waals surface area contributed by atoms with Gasteiger partial charge < -0.3 is 19.4 Å². The lowest BCUT2D eigenvalue weighted by atomic mass is 10.1. The van der Waals surface area contributed by atoms with Crippen molar-refractivity contribution in [1.29, 1.82) is 0 Å². The molecule has 7 nitrogen and oxygen atoms in total. The van der Waals surface area contributed by atoms with Gasteiger partial charge in [0.25, 0.3) is 0 Å². The summed E-state index contributed by atoms with van der Waals surface area (Å²) in [6.07, 6.45) is 0.570. The number of aromatic nitrogens is 3. The fourth-order valence-corrected chi connectivity index (χ4v) is 4.27. The van der Waals surface area contributed by atoms with Gasteiger partial charge in [0.2, 0.25) is 5.91 Å². The number of hydrogen-bond acceptors (Lipinski definition) is 5. The molecule has 7 heteroatoms. The summed E-state index contributed by atoms with van der Waals surface area (Å²) in [6.45, 7) is 1.99. The number of anilines is 1. The fraction of sp³-hybridized carbons (Fsp3) is 0.192. The number of carbonyl (C=O) groups excluding carboxylic acids is 1. The molecule has 166 valence electrons. The molecule has 0 saturated carbocycles. The highest BCUT2D eigenvalue weighted by atomic mass is 16.5. The highest BCUT2D eigenvalue weighted by Crippen LogP contribution is 2.34. The molecule has 2 heterocycles. The number of hydrogen-bond donors (Lipinski definition) is 1. The van der Waals surface area contributed by atoms with E-state index in [1.165, 1.54) is 0 Å². The molecule has 1 unspecified atom stereocenters. The maximum atomic E-state index is 13.6. The summed E-state index contributed by atoms with van der Waals surface area (Å²) >= 11 is 0. The third-order valence-electron chi connectivity index (χ3n) is 5.86. The molecular weight excluding hydrogens is 416 g/mol. The number of nitrogens with one attached hydrogen (secondary N) is 1.